The zero-order valence-corrected chi connectivity index (χ0v) is 12.4. The molecule has 1 aromatic carbocycles. The molecule has 1 atom stereocenters. The SMILES string of the molecule is CCC#CC1(C(O)(C(=O)O)c2ccccc2)CCCCC1. The fourth-order valence-corrected chi connectivity index (χ4v) is 3.27. The molecule has 0 spiro atoms. The van der Waals surface area contributed by atoms with Gasteiger partial charge in [-0.2, -0.15) is 0 Å². The van der Waals surface area contributed by atoms with Gasteiger partial charge in [-0.3, -0.25) is 0 Å². The van der Waals surface area contributed by atoms with E-state index >= 15 is 0 Å². The van der Waals surface area contributed by atoms with Gasteiger partial charge in [0.15, 0.2) is 0 Å². The quantitative estimate of drug-likeness (QED) is 0.838. The van der Waals surface area contributed by atoms with E-state index in [4.69, 9.17) is 0 Å². The summed E-state index contributed by atoms with van der Waals surface area (Å²) in [5.74, 6) is 4.93. The van der Waals surface area contributed by atoms with Crippen LogP contribution in [0.4, 0.5) is 0 Å². The first-order valence-corrected chi connectivity index (χ1v) is 7.58. The van der Waals surface area contributed by atoms with Crippen molar-refractivity contribution in [3.8, 4) is 11.8 Å². The third kappa shape index (κ3) is 2.69. The molecule has 1 fully saturated rings. The van der Waals surface area contributed by atoms with E-state index in [-0.39, 0.29) is 0 Å². The van der Waals surface area contributed by atoms with E-state index in [1.165, 1.54) is 0 Å². The van der Waals surface area contributed by atoms with Gasteiger partial charge >= 0.3 is 5.97 Å². The molecular formula is C18H22O3. The summed E-state index contributed by atoms with van der Waals surface area (Å²) < 4.78 is 0. The lowest BCUT2D eigenvalue weighted by atomic mass is 9.61. The number of benzene rings is 1. The van der Waals surface area contributed by atoms with E-state index < -0.39 is 17.0 Å². The number of aliphatic carboxylic acids is 1. The van der Waals surface area contributed by atoms with E-state index in [0.717, 1.165) is 19.3 Å². The average molecular weight is 286 g/mol. The van der Waals surface area contributed by atoms with Crippen molar-refractivity contribution >= 4 is 5.97 Å². The van der Waals surface area contributed by atoms with Crippen LogP contribution in [0, 0.1) is 17.3 Å². The molecule has 1 saturated carbocycles. The number of carboxylic acids is 1. The predicted octanol–water partition coefficient (Wildman–Crippen LogP) is 3.32. The first-order chi connectivity index (χ1) is 10.1. The smallest absolute Gasteiger partial charge is 0.342 e. The van der Waals surface area contributed by atoms with Crippen LogP contribution in [0.5, 0.6) is 0 Å². The maximum Gasteiger partial charge on any atom is 0.342 e. The van der Waals surface area contributed by atoms with Crippen LogP contribution in [0.2, 0.25) is 0 Å². The third-order valence-corrected chi connectivity index (χ3v) is 4.41. The van der Waals surface area contributed by atoms with E-state index in [0.29, 0.717) is 24.8 Å². The Morgan fingerprint density at radius 3 is 2.38 bits per heavy atom. The molecule has 2 rings (SSSR count). The van der Waals surface area contributed by atoms with Crippen molar-refractivity contribution in [1.82, 2.24) is 0 Å². The Balaban J connectivity index is 2.59. The van der Waals surface area contributed by atoms with Gasteiger partial charge in [0.25, 0.3) is 0 Å². The van der Waals surface area contributed by atoms with Gasteiger partial charge in [0, 0.05) is 6.42 Å². The number of carbonyl (C=O) groups is 1. The minimum atomic E-state index is -1.95. The molecule has 3 heteroatoms. The maximum absolute atomic E-state index is 12.0. The Morgan fingerprint density at radius 1 is 1.24 bits per heavy atom. The second-order valence-electron chi connectivity index (χ2n) is 5.68. The zero-order chi connectivity index (χ0) is 15.3. The standard InChI is InChI=1S/C18H22O3/c1-2-3-12-17(13-8-5-9-14-17)18(21,16(19)20)15-10-6-4-7-11-15/h4,6-7,10-11,21H,2,5,8-9,13-14H2,1H3,(H,19,20). The molecule has 0 aromatic heterocycles. The number of rotatable bonds is 3. The highest BCUT2D eigenvalue weighted by atomic mass is 16.4. The van der Waals surface area contributed by atoms with E-state index in [1.807, 2.05) is 13.0 Å². The zero-order valence-electron chi connectivity index (χ0n) is 12.4. The molecule has 1 aliphatic rings. The molecular weight excluding hydrogens is 264 g/mol. The van der Waals surface area contributed by atoms with Gasteiger partial charge in [-0.15, -0.1) is 5.92 Å². The molecule has 1 unspecified atom stereocenters. The minimum Gasteiger partial charge on any atom is -0.479 e. The normalized spacial score (nSPS) is 19.9. The monoisotopic (exact) mass is 286 g/mol. The van der Waals surface area contributed by atoms with Crippen molar-refractivity contribution < 1.29 is 15.0 Å². The van der Waals surface area contributed by atoms with Crippen molar-refractivity contribution in [2.45, 2.75) is 51.0 Å². The molecule has 1 aromatic rings. The fraction of sp³-hybridized carbons (Fsp3) is 0.500. The molecule has 112 valence electrons. The largest absolute Gasteiger partial charge is 0.479 e. The number of hydrogen-bond donors (Lipinski definition) is 2. The summed E-state index contributed by atoms with van der Waals surface area (Å²) in [6, 6.07) is 8.69. The van der Waals surface area contributed by atoms with Crippen molar-refractivity contribution in [3.63, 3.8) is 0 Å². The van der Waals surface area contributed by atoms with Gasteiger partial charge in [-0.1, -0.05) is 62.4 Å². The molecule has 2 N–H and O–H groups in total. The maximum atomic E-state index is 12.0. The molecule has 3 nitrogen and oxygen atoms in total. The summed E-state index contributed by atoms with van der Waals surface area (Å²) in [4.78, 5) is 12.0. The summed E-state index contributed by atoms with van der Waals surface area (Å²) in [7, 11) is 0. The topological polar surface area (TPSA) is 57.5 Å². The van der Waals surface area contributed by atoms with Crippen molar-refractivity contribution in [1.29, 1.82) is 0 Å². The lowest BCUT2D eigenvalue weighted by Crippen LogP contribution is -2.52. The van der Waals surface area contributed by atoms with Gasteiger partial charge < -0.3 is 10.2 Å². The average Bonchev–Trinajstić information content (AvgIpc) is 2.53. The second kappa shape index (κ2) is 6.32. The van der Waals surface area contributed by atoms with Gasteiger partial charge in [0.2, 0.25) is 5.60 Å². The van der Waals surface area contributed by atoms with Crippen LogP contribution in [-0.2, 0) is 10.4 Å². The molecule has 21 heavy (non-hydrogen) atoms. The molecule has 0 saturated heterocycles. The Morgan fingerprint density at radius 2 is 1.86 bits per heavy atom. The molecule has 0 amide bonds. The van der Waals surface area contributed by atoms with E-state index in [1.54, 1.807) is 24.3 Å². The van der Waals surface area contributed by atoms with Crippen LogP contribution in [0.3, 0.4) is 0 Å². The van der Waals surface area contributed by atoms with E-state index in [2.05, 4.69) is 11.8 Å². The Bertz CT molecular complexity index is 547. The van der Waals surface area contributed by atoms with Crippen molar-refractivity contribution in [2.75, 3.05) is 0 Å². The predicted molar refractivity (Wildman–Crippen MR) is 81.6 cm³/mol. The highest BCUT2D eigenvalue weighted by Gasteiger charge is 2.56. The highest BCUT2D eigenvalue weighted by molar-refractivity contribution is 5.81. The number of carboxylic acid groups (broad SMARTS) is 1. The molecule has 0 heterocycles. The first kappa shape index (κ1) is 15.6. The van der Waals surface area contributed by atoms with Gasteiger partial charge in [-0.25, -0.2) is 4.79 Å². The van der Waals surface area contributed by atoms with Crippen LogP contribution in [0.25, 0.3) is 0 Å². The molecule has 1 aliphatic carbocycles. The van der Waals surface area contributed by atoms with Crippen LogP contribution in [0.15, 0.2) is 30.3 Å². The van der Waals surface area contributed by atoms with E-state index in [9.17, 15) is 15.0 Å². The Hall–Kier alpha value is -1.79. The molecule has 0 aliphatic heterocycles. The van der Waals surface area contributed by atoms with Crippen LogP contribution < -0.4 is 0 Å². The lowest BCUT2D eigenvalue weighted by Gasteiger charge is -2.43. The van der Waals surface area contributed by atoms with Crippen molar-refractivity contribution in [3.05, 3.63) is 35.9 Å². The van der Waals surface area contributed by atoms with Crippen LogP contribution in [-0.4, -0.2) is 16.2 Å². The summed E-state index contributed by atoms with van der Waals surface area (Å²) >= 11 is 0. The summed E-state index contributed by atoms with van der Waals surface area (Å²) in [6.45, 7) is 1.94. The second-order valence-corrected chi connectivity index (χ2v) is 5.68. The Kier molecular flexibility index (Phi) is 4.69. The van der Waals surface area contributed by atoms with Crippen LogP contribution >= 0.6 is 0 Å². The third-order valence-electron chi connectivity index (χ3n) is 4.41. The molecule has 0 bridgehead atoms. The van der Waals surface area contributed by atoms with Crippen molar-refractivity contribution in [2.24, 2.45) is 5.41 Å². The number of aliphatic hydroxyl groups is 1. The fourth-order valence-electron chi connectivity index (χ4n) is 3.27. The minimum absolute atomic E-state index is 0.421. The first-order valence-electron chi connectivity index (χ1n) is 7.58. The lowest BCUT2D eigenvalue weighted by molar-refractivity contribution is -0.175. The summed E-state index contributed by atoms with van der Waals surface area (Å²) in [5.41, 5.74) is -2.42. The van der Waals surface area contributed by atoms with Crippen LogP contribution in [0.1, 0.15) is 51.0 Å². The highest BCUT2D eigenvalue weighted by Crippen LogP contribution is 2.50. The van der Waals surface area contributed by atoms with Gasteiger partial charge in [0.05, 0.1) is 5.41 Å². The Labute approximate surface area is 126 Å². The molecule has 0 radical (unpaired) electrons. The summed E-state index contributed by atoms with van der Waals surface area (Å²) in [5, 5.41) is 20.9. The number of hydrogen-bond acceptors (Lipinski definition) is 2. The van der Waals surface area contributed by atoms with Gasteiger partial charge in [-0.05, 0) is 18.4 Å². The summed E-state index contributed by atoms with van der Waals surface area (Å²) in [6.07, 6.45) is 4.78. The van der Waals surface area contributed by atoms with Gasteiger partial charge in [0.1, 0.15) is 0 Å².